The Morgan fingerprint density at radius 3 is 2.28 bits per heavy atom. The maximum atomic E-state index is 5.63. The third-order valence-corrected chi connectivity index (χ3v) is 2.95. The lowest BCUT2D eigenvalue weighted by Gasteiger charge is -2.21. The second-order valence-corrected chi connectivity index (χ2v) is 4.70. The number of ether oxygens (including phenoxy) is 2. The van der Waals surface area contributed by atoms with Crippen molar-refractivity contribution in [3.05, 3.63) is 18.2 Å². The summed E-state index contributed by atoms with van der Waals surface area (Å²) in [5, 5.41) is 3.49. The zero-order chi connectivity index (χ0) is 13.5. The summed E-state index contributed by atoms with van der Waals surface area (Å²) in [6.07, 6.45) is 0. The summed E-state index contributed by atoms with van der Waals surface area (Å²) in [5.41, 5.74) is 1.00. The molecule has 0 amide bonds. The van der Waals surface area contributed by atoms with Gasteiger partial charge in [-0.15, -0.1) is 0 Å². The van der Waals surface area contributed by atoms with Gasteiger partial charge in [0, 0.05) is 12.1 Å². The molecule has 1 aromatic rings. The van der Waals surface area contributed by atoms with E-state index in [9.17, 15) is 0 Å². The van der Waals surface area contributed by atoms with Crippen molar-refractivity contribution in [3.8, 4) is 11.5 Å². The van der Waals surface area contributed by atoms with E-state index in [-0.39, 0.29) is 0 Å². The van der Waals surface area contributed by atoms with Gasteiger partial charge in [0.15, 0.2) is 0 Å². The van der Waals surface area contributed by atoms with E-state index < -0.39 is 0 Å². The number of hydrogen-bond donors (Lipinski definition) is 1. The molecule has 102 valence electrons. The number of hydrogen-bond acceptors (Lipinski definition) is 3. The zero-order valence-electron chi connectivity index (χ0n) is 12.1. The van der Waals surface area contributed by atoms with Crippen molar-refractivity contribution in [3.63, 3.8) is 0 Å². The van der Waals surface area contributed by atoms with Crippen LogP contribution in [0.15, 0.2) is 18.2 Å². The average Bonchev–Trinajstić information content (AvgIpc) is 2.33. The summed E-state index contributed by atoms with van der Waals surface area (Å²) < 4.78 is 11.2. The molecule has 3 nitrogen and oxygen atoms in total. The van der Waals surface area contributed by atoms with Crippen LogP contribution in [0.3, 0.4) is 0 Å². The monoisotopic (exact) mass is 251 g/mol. The molecular weight excluding hydrogens is 226 g/mol. The van der Waals surface area contributed by atoms with Crippen molar-refractivity contribution < 1.29 is 9.47 Å². The van der Waals surface area contributed by atoms with Gasteiger partial charge in [-0.1, -0.05) is 13.8 Å². The predicted octanol–water partition coefficient (Wildman–Crippen LogP) is 3.94. The fourth-order valence-corrected chi connectivity index (χ4v) is 1.57. The number of anilines is 1. The molecule has 1 aromatic carbocycles. The summed E-state index contributed by atoms with van der Waals surface area (Å²) in [4.78, 5) is 0. The second-order valence-electron chi connectivity index (χ2n) is 4.70. The van der Waals surface area contributed by atoms with E-state index in [1.807, 2.05) is 32.0 Å². The van der Waals surface area contributed by atoms with Crippen LogP contribution < -0.4 is 14.8 Å². The van der Waals surface area contributed by atoms with Gasteiger partial charge in [-0.05, 0) is 38.8 Å². The minimum Gasteiger partial charge on any atom is -0.494 e. The van der Waals surface area contributed by atoms with Gasteiger partial charge in [0.2, 0.25) is 0 Å². The molecule has 0 saturated carbocycles. The number of nitrogens with one attached hydrogen (secondary N) is 1. The fraction of sp³-hybridized carbons (Fsp3) is 0.600. The van der Waals surface area contributed by atoms with Crippen LogP contribution in [0.5, 0.6) is 11.5 Å². The van der Waals surface area contributed by atoms with E-state index in [1.54, 1.807) is 0 Å². The topological polar surface area (TPSA) is 30.5 Å². The van der Waals surface area contributed by atoms with Crippen molar-refractivity contribution in [2.24, 2.45) is 5.92 Å². The van der Waals surface area contributed by atoms with Gasteiger partial charge in [-0.2, -0.15) is 0 Å². The lowest BCUT2D eigenvalue weighted by atomic mass is 10.1. The van der Waals surface area contributed by atoms with Crippen molar-refractivity contribution in [1.29, 1.82) is 0 Å². The van der Waals surface area contributed by atoms with Crippen LogP contribution in [0, 0.1) is 5.92 Å². The molecule has 1 atom stereocenters. The van der Waals surface area contributed by atoms with Gasteiger partial charge >= 0.3 is 0 Å². The molecule has 0 saturated heterocycles. The molecule has 0 aliphatic carbocycles. The van der Waals surface area contributed by atoms with Crippen molar-refractivity contribution in [1.82, 2.24) is 0 Å². The van der Waals surface area contributed by atoms with Crippen LogP contribution in [-0.4, -0.2) is 19.3 Å². The average molecular weight is 251 g/mol. The molecule has 18 heavy (non-hydrogen) atoms. The van der Waals surface area contributed by atoms with E-state index in [4.69, 9.17) is 9.47 Å². The zero-order valence-corrected chi connectivity index (χ0v) is 12.1. The molecule has 0 radical (unpaired) electrons. The Kier molecular flexibility index (Phi) is 5.83. The third-order valence-electron chi connectivity index (χ3n) is 2.95. The van der Waals surface area contributed by atoms with Crippen molar-refractivity contribution in [2.45, 2.75) is 40.7 Å². The largest absolute Gasteiger partial charge is 0.494 e. The maximum Gasteiger partial charge on any atom is 0.142 e. The highest BCUT2D eigenvalue weighted by atomic mass is 16.5. The highest BCUT2D eigenvalue weighted by molar-refractivity contribution is 5.60. The second kappa shape index (κ2) is 7.14. The normalized spacial score (nSPS) is 12.3. The molecule has 1 rings (SSSR count). The van der Waals surface area contributed by atoms with E-state index in [0.29, 0.717) is 25.2 Å². The van der Waals surface area contributed by atoms with Gasteiger partial charge in [-0.25, -0.2) is 0 Å². The van der Waals surface area contributed by atoms with Gasteiger partial charge in [0.1, 0.15) is 11.5 Å². The van der Waals surface area contributed by atoms with Crippen LogP contribution in [-0.2, 0) is 0 Å². The highest BCUT2D eigenvalue weighted by Gasteiger charge is 2.11. The third kappa shape index (κ3) is 4.13. The molecule has 1 unspecified atom stereocenters. The molecule has 0 bridgehead atoms. The van der Waals surface area contributed by atoms with Crippen molar-refractivity contribution in [2.75, 3.05) is 18.5 Å². The lowest BCUT2D eigenvalue weighted by Crippen LogP contribution is -2.21. The standard InChI is InChI=1S/C15H25NO2/c1-6-17-13-8-9-15(18-7-2)14(10-13)16-12(5)11(3)4/h8-12,16H,6-7H2,1-5H3. The molecule has 1 N–H and O–H groups in total. The summed E-state index contributed by atoms with van der Waals surface area (Å²) in [7, 11) is 0. The van der Waals surface area contributed by atoms with Gasteiger partial charge < -0.3 is 14.8 Å². The molecule has 0 aromatic heterocycles. The van der Waals surface area contributed by atoms with E-state index in [1.165, 1.54) is 0 Å². The van der Waals surface area contributed by atoms with Crippen LogP contribution in [0.4, 0.5) is 5.69 Å². The Morgan fingerprint density at radius 1 is 1.06 bits per heavy atom. The summed E-state index contributed by atoms with van der Waals surface area (Å²) in [5.74, 6) is 2.32. The summed E-state index contributed by atoms with van der Waals surface area (Å²) >= 11 is 0. The fourth-order valence-electron chi connectivity index (χ4n) is 1.57. The Balaban J connectivity index is 2.91. The molecule has 0 aliphatic heterocycles. The van der Waals surface area contributed by atoms with E-state index in [0.717, 1.165) is 17.2 Å². The first-order valence-electron chi connectivity index (χ1n) is 6.74. The van der Waals surface area contributed by atoms with Gasteiger partial charge in [0.25, 0.3) is 0 Å². The SMILES string of the molecule is CCOc1ccc(OCC)c(NC(C)C(C)C)c1. The first-order chi connectivity index (χ1) is 8.58. The lowest BCUT2D eigenvalue weighted by molar-refractivity contribution is 0.331. The Labute approximate surface area is 110 Å². The maximum absolute atomic E-state index is 5.63. The highest BCUT2D eigenvalue weighted by Crippen LogP contribution is 2.30. The molecule has 0 spiro atoms. The number of rotatable bonds is 7. The predicted molar refractivity (Wildman–Crippen MR) is 76.7 cm³/mol. The Morgan fingerprint density at radius 2 is 1.72 bits per heavy atom. The molecule has 0 heterocycles. The molecular formula is C15H25NO2. The van der Waals surface area contributed by atoms with E-state index >= 15 is 0 Å². The van der Waals surface area contributed by atoms with Gasteiger partial charge in [0.05, 0.1) is 18.9 Å². The first-order valence-corrected chi connectivity index (χ1v) is 6.74. The Hall–Kier alpha value is -1.38. The van der Waals surface area contributed by atoms with Crippen LogP contribution in [0.25, 0.3) is 0 Å². The molecule has 3 heteroatoms. The Bertz CT molecular complexity index is 364. The summed E-state index contributed by atoms with van der Waals surface area (Å²) in [6.45, 7) is 11.9. The van der Waals surface area contributed by atoms with Crippen LogP contribution in [0.1, 0.15) is 34.6 Å². The quantitative estimate of drug-likeness (QED) is 0.796. The number of benzene rings is 1. The summed E-state index contributed by atoms with van der Waals surface area (Å²) in [6, 6.07) is 6.30. The molecule has 0 aliphatic rings. The van der Waals surface area contributed by atoms with Gasteiger partial charge in [-0.3, -0.25) is 0 Å². The first kappa shape index (κ1) is 14.7. The van der Waals surface area contributed by atoms with Crippen LogP contribution in [0.2, 0.25) is 0 Å². The van der Waals surface area contributed by atoms with E-state index in [2.05, 4.69) is 26.1 Å². The smallest absolute Gasteiger partial charge is 0.142 e. The van der Waals surface area contributed by atoms with Crippen molar-refractivity contribution >= 4 is 5.69 Å². The van der Waals surface area contributed by atoms with Crippen LogP contribution >= 0.6 is 0 Å². The minimum atomic E-state index is 0.390. The molecule has 0 fully saturated rings. The minimum absolute atomic E-state index is 0.390.